The number of hydrogen-bond donors (Lipinski definition) is 1. The van der Waals surface area contributed by atoms with E-state index in [1.54, 1.807) is 40.2 Å². The predicted octanol–water partition coefficient (Wildman–Crippen LogP) is 4.44. The minimum absolute atomic E-state index is 0.434. The fraction of sp³-hybridized carbons (Fsp3) is 0.304. The molecule has 0 unspecified atom stereocenters. The smallest absolute Gasteiger partial charge is 0.231 e. The van der Waals surface area contributed by atoms with Gasteiger partial charge in [0.15, 0.2) is 28.2 Å². The van der Waals surface area contributed by atoms with Crippen molar-refractivity contribution in [2.45, 2.75) is 11.6 Å². The summed E-state index contributed by atoms with van der Waals surface area (Å²) in [6.45, 7) is 0.813. The Morgan fingerprint density at radius 2 is 1.56 bits per heavy atom. The summed E-state index contributed by atoms with van der Waals surface area (Å²) in [7, 11) is 6.43. The Morgan fingerprint density at radius 1 is 0.853 bits per heavy atom. The number of aliphatic imine (C=N–C) groups is 1. The minimum atomic E-state index is 0.434. The zero-order valence-electron chi connectivity index (χ0n) is 19.3. The van der Waals surface area contributed by atoms with E-state index in [-0.39, 0.29) is 0 Å². The van der Waals surface area contributed by atoms with Crippen molar-refractivity contribution in [2.24, 2.45) is 4.99 Å². The lowest BCUT2D eigenvalue weighted by Crippen LogP contribution is -2.06. The summed E-state index contributed by atoms with van der Waals surface area (Å²) >= 11 is 3.16. The molecule has 1 aliphatic heterocycles. The Morgan fingerprint density at radius 3 is 2.24 bits per heavy atom. The molecule has 1 aromatic heterocycles. The van der Waals surface area contributed by atoms with Gasteiger partial charge in [0.25, 0.3) is 0 Å². The van der Waals surface area contributed by atoms with E-state index in [1.807, 2.05) is 36.4 Å². The molecule has 0 radical (unpaired) electrons. The zero-order valence-corrected chi connectivity index (χ0v) is 21.0. The molecule has 11 heteroatoms. The minimum Gasteiger partial charge on any atom is -0.493 e. The molecule has 178 valence electrons. The summed E-state index contributed by atoms with van der Waals surface area (Å²) in [4.78, 5) is 18.5. The van der Waals surface area contributed by atoms with Crippen LogP contribution in [0.5, 0.6) is 23.0 Å². The molecule has 2 heterocycles. The van der Waals surface area contributed by atoms with Gasteiger partial charge in [0.2, 0.25) is 5.95 Å². The second-order valence-electron chi connectivity index (χ2n) is 7.02. The van der Waals surface area contributed by atoms with Crippen molar-refractivity contribution in [3.63, 3.8) is 0 Å². The van der Waals surface area contributed by atoms with Crippen LogP contribution in [0.1, 0.15) is 11.4 Å². The number of hydrogen-bond acceptors (Lipinski definition) is 11. The van der Waals surface area contributed by atoms with Crippen LogP contribution in [-0.4, -0.2) is 60.1 Å². The first-order chi connectivity index (χ1) is 16.6. The van der Waals surface area contributed by atoms with Crippen LogP contribution in [0.15, 0.2) is 46.5 Å². The highest BCUT2D eigenvalue weighted by Crippen LogP contribution is 2.32. The highest BCUT2D eigenvalue weighted by atomic mass is 32.2. The maximum absolute atomic E-state index is 5.44. The Kier molecular flexibility index (Phi) is 7.96. The van der Waals surface area contributed by atoms with E-state index in [0.717, 1.165) is 27.9 Å². The summed E-state index contributed by atoms with van der Waals surface area (Å²) in [5.74, 6) is 4.61. The monoisotopic (exact) mass is 499 g/mol. The largest absolute Gasteiger partial charge is 0.493 e. The van der Waals surface area contributed by atoms with Crippen LogP contribution < -0.4 is 24.3 Å². The number of rotatable bonds is 9. The van der Waals surface area contributed by atoms with Gasteiger partial charge in [-0.25, -0.2) is 4.98 Å². The standard InChI is InChI=1S/C23H25N5O4S2/c1-29-16-7-5-14(11-18(16)31-3)12-20-26-21(28-22(27-20)34-23-24-9-10-33-23)25-15-6-8-17(30-2)19(13-15)32-4/h5-8,11,13H,9-10,12H2,1-4H3,(H,25,26,27,28). The SMILES string of the molecule is COc1ccc(Cc2nc(Nc3ccc(OC)c(OC)c3)nc(SC3=NCCS3)n2)cc1OC. The maximum atomic E-state index is 5.44. The quantitative estimate of drug-likeness (QED) is 0.455. The maximum Gasteiger partial charge on any atom is 0.231 e. The summed E-state index contributed by atoms with van der Waals surface area (Å²) < 4.78 is 22.5. The second kappa shape index (κ2) is 11.3. The number of aromatic nitrogens is 3. The van der Waals surface area contributed by atoms with Crippen LogP contribution >= 0.6 is 23.5 Å². The molecule has 0 aliphatic carbocycles. The zero-order chi connectivity index (χ0) is 23.9. The molecule has 2 aromatic carbocycles. The fourth-order valence-corrected chi connectivity index (χ4v) is 5.09. The number of methoxy groups -OCH3 is 4. The third kappa shape index (κ3) is 5.84. The molecule has 1 aliphatic rings. The fourth-order valence-electron chi connectivity index (χ4n) is 3.25. The third-order valence-electron chi connectivity index (χ3n) is 4.85. The van der Waals surface area contributed by atoms with Gasteiger partial charge in [-0.15, -0.1) is 0 Å². The van der Waals surface area contributed by atoms with Gasteiger partial charge in [-0.05, 0) is 41.6 Å². The van der Waals surface area contributed by atoms with E-state index in [1.165, 1.54) is 11.8 Å². The van der Waals surface area contributed by atoms with E-state index in [0.29, 0.717) is 46.3 Å². The molecule has 0 fully saturated rings. The molecule has 0 saturated carbocycles. The summed E-state index contributed by atoms with van der Waals surface area (Å²) in [6.07, 6.45) is 0.497. The molecule has 1 N–H and O–H groups in total. The van der Waals surface area contributed by atoms with E-state index < -0.39 is 0 Å². The van der Waals surface area contributed by atoms with Gasteiger partial charge >= 0.3 is 0 Å². The Balaban J connectivity index is 1.64. The topological polar surface area (TPSA) is 100.0 Å². The number of benzene rings is 2. The molecule has 34 heavy (non-hydrogen) atoms. The second-order valence-corrected chi connectivity index (χ2v) is 9.31. The summed E-state index contributed by atoms with van der Waals surface area (Å²) in [6, 6.07) is 11.3. The van der Waals surface area contributed by atoms with Crippen molar-refractivity contribution >= 4 is 39.5 Å². The number of ether oxygens (including phenoxy) is 4. The van der Waals surface area contributed by atoms with Crippen LogP contribution in [0, 0.1) is 0 Å². The highest BCUT2D eigenvalue weighted by molar-refractivity contribution is 8.39. The van der Waals surface area contributed by atoms with Crippen molar-refractivity contribution in [1.29, 1.82) is 0 Å². The van der Waals surface area contributed by atoms with Crippen LogP contribution in [-0.2, 0) is 6.42 Å². The van der Waals surface area contributed by atoms with Gasteiger partial charge in [0, 0.05) is 23.9 Å². The average molecular weight is 500 g/mol. The molecule has 0 amide bonds. The summed E-state index contributed by atoms with van der Waals surface area (Å²) in [5.41, 5.74) is 1.76. The molecule has 3 aromatic rings. The van der Waals surface area contributed by atoms with Crippen LogP contribution in [0.25, 0.3) is 0 Å². The Labute approximate surface area is 206 Å². The predicted molar refractivity (Wildman–Crippen MR) is 136 cm³/mol. The van der Waals surface area contributed by atoms with Crippen molar-refractivity contribution in [3.05, 3.63) is 47.8 Å². The number of anilines is 2. The van der Waals surface area contributed by atoms with E-state index in [2.05, 4.69) is 25.3 Å². The number of thioether (sulfide) groups is 2. The molecule has 0 spiro atoms. The molecule has 9 nitrogen and oxygen atoms in total. The lowest BCUT2D eigenvalue weighted by atomic mass is 10.1. The van der Waals surface area contributed by atoms with Crippen LogP contribution in [0.3, 0.4) is 0 Å². The van der Waals surface area contributed by atoms with Gasteiger partial charge in [0.1, 0.15) is 10.2 Å². The molecular formula is C23H25N5O4S2. The number of nitrogens with zero attached hydrogens (tertiary/aromatic N) is 4. The Hall–Kier alpha value is -3.18. The van der Waals surface area contributed by atoms with Gasteiger partial charge in [-0.2, -0.15) is 9.97 Å². The third-order valence-corrected chi connectivity index (χ3v) is 6.88. The lowest BCUT2D eigenvalue weighted by molar-refractivity contribution is 0.354. The molecular weight excluding hydrogens is 474 g/mol. The van der Waals surface area contributed by atoms with Crippen LogP contribution in [0.2, 0.25) is 0 Å². The first kappa shape index (κ1) is 24.0. The van der Waals surface area contributed by atoms with Crippen LogP contribution in [0.4, 0.5) is 11.6 Å². The first-order valence-corrected chi connectivity index (χ1v) is 12.2. The normalized spacial score (nSPS) is 12.8. The van der Waals surface area contributed by atoms with Gasteiger partial charge in [-0.1, -0.05) is 17.8 Å². The first-order valence-electron chi connectivity index (χ1n) is 10.4. The van der Waals surface area contributed by atoms with Crippen molar-refractivity contribution in [2.75, 3.05) is 46.1 Å². The number of nitrogens with one attached hydrogen (secondary N) is 1. The average Bonchev–Trinajstić information content (AvgIpc) is 3.36. The summed E-state index contributed by atoms with van der Waals surface area (Å²) in [5, 5.41) is 3.84. The molecule has 0 atom stereocenters. The highest BCUT2D eigenvalue weighted by Gasteiger charge is 2.15. The lowest BCUT2D eigenvalue weighted by Gasteiger charge is -2.12. The molecule has 4 rings (SSSR count). The van der Waals surface area contributed by atoms with Crippen molar-refractivity contribution < 1.29 is 18.9 Å². The van der Waals surface area contributed by atoms with Crippen molar-refractivity contribution in [1.82, 2.24) is 15.0 Å². The van der Waals surface area contributed by atoms with E-state index in [4.69, 9.17) is 18.9 Å². The van der Waals surface area contributed by atoms with E-state index >= 15 is 0 Å². The van der Waals surface area contributed by atoms with Gasteiger partial charge < -0.3 is 24.3 Å². The van der Waals surface area contributed by atoms with Crippen molar-refractivity contribution in [3.8, 4) is 23.0 Å². The Bertz CT molecular complexity index is 1120. The van der Waals surface area contributed by atoms with Gasteiger partial charge in [0.05, 0.1) is 35.0 Å². The van der Waals surface area contributed by atoms with Gasteiger partial charge in [-0.3, -0.25) is 4.99 Å². The molecule has 0 bridgehead atoms. The molecule has 0 saturated heterocycles. The van der Waals surface area contributed by atoms with E-state index in [9.17, 15) is 0 Å².